The first kappa shape index (κ1) is 11.9. The van der Waals surface area contributed by atoms with Gasteiger partial charge in [-0.05, 0) is 23.8 Å². The normalized spacial score (nSPS) is 23.9. The van der Waals surface area contributed by atoms with Gasteiger partial charge >= 0.3 is 0 Å². The van der Waals surface area contributed by atoms with Gasteiger partial charge in [0.25, 0.3) is 0 Å². The lowest BCUT2D eigenvalue weighted by Gasteiger charge is -2.18. The van der Waals surface area contributed by atoms with Gasteiger partial charge in [0.05, 0.1) is 16.9 Å². The molecule has 4 nitrogen and oxygen atoms in total. The Morgan fingerprint density at radius 1 is 1.44 bits per heavy atom. The third-order valence-electron chi connectivity index (χ3n) is 3.29. The molecule has 3 rings (SSSR count). The maximum absolute atomic E-state index is 5.76. The lowest BCUT2D eigenvalue weighted by atomic mass is 9.93. The quantitative estimate of drug-likeness (QED) is 0.853. The number of rotatable bonds is 3. The van der Waals surface area contributed by atoms with Gasteiger partial charge in [0.15, 0.2) is 0 Å². The summed E-state index contributed by atoms with van der Waals surface area (Å²) in [6.07, 6.45) is 1.16. The van der Waals surface area contributed by atoms with E-state index >= 15 is 0 Å². The molecule has 0 saturated carbocycles. The fourth-order valence-corrected chi connectivity index (χ4v) is 3.07. The minimum absolute atomic E-state index is 0.196. The summed E-state index contributed by atoms with van der Waals surface area (Å²) in [6, 6.07) is 4.00. The molecule has 2 aromatic heterocycles. The summed E-state index contributed by atoms with van der Waals surface area (Å²) >= 11 is 1.62. The molecule has 0 aromatic carbocycles. The summed E-state index contributed by atoms with van der Waals surface area (Å²) in [6.45, 7) is 5.11. The Kier molecular flexibility index (Phi) is 3.18. The van der Waals surface area contributed by atoms with Crippen molar-refractivity contribution < 1.29 is 9.26 Å². The highest BCUT2D eigenvalue weighted by molar-refractivity contribution is 7.13. The molecule has 1 fully saturated rings. The number of aromatic nitrogens is 2. The van der Waals surface area contributed by atoms with Crippen LogP contribution in [0.1, 0.15) is 32.1 Å². The minimum Gasteiger partial charge on any atom is -0.377 e. The van der Waals surface area contributed by atoms with E-state index < -0.39 is 0 Å². The molecule has 0 bridgehead atoms. The van der Waals surface area contributed by atoms with Crippen molar-refractivity contribution in [2.24, 2.45) is 5.92 Å². The van der Waals surface area contributed by atoms with Gasteiger partial charge in [0.2, 0.25) is 11.7 Å². The number of hydrogen-bond donors (Lipinski definition) is 0. The van der Waals surface area contributed by atoms with Crippen LogP contribution < -0.4 is 0 Å². The summed E-state index contributed by atoms with van der Waals surface area (Å²) < 4.78 is 11.2. The summed E-state index contributed by atoms with van der Waals surface area (Å²) in [5, 5.41) is 6.08. The van der Waals surface area contributed by atoms with Crippen molar-refractivity contribution in [3.63, 3.8) is 0 Å². The first-order valence-corrected chi connectivity index (χ1v) is 7.13. The number of thiophene rings is 1. The van der Waals surface area contributed by atoms with E-state index in [2.05, 4.69) is 24.0 Å². The van der Waals surface area contributed by atoms with Gasteiger partial charge in [-0.1, -0.05) is 25.1 Å². The molecule has 2 atom stereocenters. The molecule has 18 heavy (non-hydrogen) atoms. The second kappa shape index (κ2) is 4.82. The van der Waals surface area contributed by atoms with Crippen LogP contribution in [-0.4, -0.2) is 22.9 Å². The first-order chi connectivity index (χ1) is 8.75. The van der Waals surface area contributed by atoms with E-state index in [-0.39, 0.29) is 12.0 Å². The zero-order valence-corrected chi connectivity index (χ0v) is 11.3. The predicted molar refractivity (Wildman–Crippen MR) is 69.5 cm³/mol. The van der Waals surface area contributed by atoms with Crippen LogP contribution in [-0.2, 0) is 4.74 Å². The van der Waals surface area contributed by atoms with Crippen molar-refractivity contribution in [3.8, 4) is 10.7 Å². The van der Waals surface area contributed by atoms with Gasteiger partial charge in [0.1, 0.15) is 0 Å². The number of nitrogens with zero attached hydrogens (tertiary/aromatic N) is 2. The minimum atomic E-state index is 0.196. The summed E-state index contributed by atoms with van der Waals surface area (Å²) in [5.41, 5.74) is 0. The van der Waals surface area contributed by atoms with E-state index in [1.165, 1.54) is 0 Å². The lowest BCUT2D eigenvalue weighted by molar-refractivity contribution is 0.0627. The van der Waals surface area contributed by atoms with E-state index in [4.69, 9.17) is 9.26 Å². The zero-order valence-electron chi connectivity index (χ0n) is 10.5. The van der Waals surface area contributed by atoms with E-state index in [1.807, 2.05) is 17.5 Å². The standard InChI is InChI=1S/C13H16N2O2S/c1-8(2)11-9(5-6-16-11)13-14-12(15-17-13)10-4-3-7-18-10/h3-4,7-9,11H,5-6H2,1-2H3/t9-,11-/m0/s1. The van der Waals surface area contributed by atoms with Crippen molar-refractivity contribution in [3.05, 3.63) is 23.4 Å². The average molecular weight is 264 g/mol. The Hall–Kier alpha value is -1.20. The molecule has 0 N–H and O–H groups in total. The molecule has 96 valence electrons. The molecule has 0 aliphatic carbocycles. The van der Waals surface area contributed by atoms with Crippen LogP contribution in [0.15, 0.2) is 22.0 Å². The van der Waals surface area contributed by atoms with Gasteiger partial charge in [-0.15, -0.1) is 11.3 Å². The van der Waals surface area contributed by atoms with Crippen LogP contribution in [0.25, 0.3) is 10.7 Å². The van der Waals surface area contributed by atoms with Gasteiger partial charge in [-0.25, -0.2) is 0 Å². The third-order valence-corrected chi connectivity index (χ3v) is 4.16. The molecule has 0 unspecified atom stereocenters. The van der Waals surface area contributed by atoms with Crippen LogP contribution in [0.5, 0.6) is 0 Å². The second-order valence-corrected chi connectivity index (χ2v) is 5.86. The molecule has 0 amide bonds. The van der Waals surface area contributed by atoms with Crippen LogP contribution >= 0.6 is 11.3 Å². The molecule has 1 aliphatic rings. The zero-order chi connectivity index (χ0) is 12.5. The van der Waals surface area contributed by atoms with Crippen LogP contribution in [0, 0.1) is 5.92 Å². The Morgan fingerprint density at radius 3 is 3.06 bits per heavy atom. The van der Waals surface area contributed by atoms with Crippen molar-refractivity contribution in [1.82, 2.24) is 10.1 Å². The molecule has 5 heteroatoms. The smallest absolute Gasteiger partial charge is 0.232 e. The van der Waals surface area contributed by atoms with E-state index in [0.717, 1.165) is 23.8 Å². The molecule has 1 saturated heterocycles. The SMILES string of the molecule is CC(C)[C@@H]1OCC[C@@H]1c1nc(-c2cccs2)no1. The van der Waals surface area contributed by atoms with Gasteiger partial charge in [-0.2, -0.15) is 4.98 Å². The van der Waals surface area contributed by atoms with Crippen LogP contribution in [0.2, 0.25) is 0 Å². The van der Waals surface area contributed by atoms with Gasteiger partial charge < -0.3 is 9.26 Å². The maximum Gasteiger partial charge on any atom is 0.232 e. The summed E-state index contributed by atoms with van der Waals surface area (Å²) in [7, 11) is 0. The highest BCUT2D eigenvalue weighted by Crippen LogP contribution is 2.35. The fourth-order valence-electron chi connectivity index (χ4n) is 2.42. The monoisotopic (exact) mass is 264 g/mol. The Balaban J connectivity index is 1.85. The van der Waals surface area contributed by atoms with Gasteiger partial charge in [-0.3, -0.25) is 0 Å². The molecule has 0 spiro atoms. The van der Waals surface area contributed by atoms with E-state index in [1.54, 1.807) is 11.3 Å². The number of hydrogen-bond acceptors (Lipinski definition) is 5. The maximum atomic E-state index is 5.76. The number of ether oxygens (including phenoxy) is 1. The highest BCUT2D eigenvalue weighted by atomic mass is 32.1. The topological polar surface area (TPSA) is 48.2 Å². The lowest BCUT2D eigenvalue weighted by Crippen LogP contribution is -2.21. The Morgan fingerprint density at radius 2 is 2.33 bits per heavy atom. The first-order valence-electron chi connectivity index (χ1n) is 6.25. The molecule has 0 radical (unpaired) electrons. The largest absolute Gasteiger partial charge is 0.377 e. The Labute approximate surface area is 110 Å². The Bertz CT molecular complexity index is 507. The predicted octanol–water partition coefficient (Wildman–Crippen LogP) is 3.33. The third kappa shape index (κ3) is 2.08. The molecular formula is C13H16N2O2S. The highest BCUT2D eigenvalue weighted by Gasteiger charge is 2.35. The van der Waals surface area contributed by atoms with Crippen molar-refractivity contribution in [2.45, 2.75) is 32.3 Å². The second-order valence-electron chi connectivity index (χ2n) is 4.91. The van der Waals surface area contributed by atoms with Crippen molar-refractivity contribution >= 4 is 11.3 Å². The molecule has 2 aromatic rings. The van der Waals surface area contributed by atoms with E-state index in [0.29, 0.717) is 11.7 Å². The molecule has 3 heterocycles. The summed E-state index contributed by atoms with van der Waals surface area (Å²) in [4.78, 5) is 5.57. The van der Waals surface area contributed by atoms with Crippen LogP contribution in [0.3, 0.4) is 0 Å². The van der Waals surface area contributed by atoms with E-state index in [9.17, 15) is 0 Å². The average Bonchev–Trinajstić information content (AvgIpc) is 3.10. The molecule has 1 aliphatic heterocycles. The fraction of sp³-hybridized carbons (Fsp3) is 0.538. The van der Waals surface area contributed by atoms with Crippen molar-refractivity contribution in [2.75, 3.05) is 6.61 Å². The van der Waals surface area contributed by atoms with Gasteiger partial charge in [0, 0.05) is 6.61 Å². The summed E-state index contributed by atoms with van der Waals surface area (Å²) in [5.74, 6) is 2.12. The van der Waals surface area contributed by atoms with Crippen molar-refractivity contribution in [1.29, 1.82) is 0 Å². The van der Waals surface area contributed by atoms with Crippen LogP contribution in [0.4, 0.5) is 0 Å². The molecular weight excluding hydrogens is 248 g/mol.